The van der Waals surface area contributed by atoms with Crippen LogP contribution < -0.4 is 10.6 Å². The predicted octanol–water partition coefficient (Wildman–Crippen LogP) is 3.65. The molecule has 2 N–H and O–H groups in total. The summed E-state index contributed by atoms with van der Waals surface area (Å²) in [5, 5.41) is 6.40. The fourth-order valence-electron chi connectivity index (χ4n) is 5.65. The molecule has 1 aliphatic carbocycles. The Bertz CT molecular complexity index is 897. The van der Waals surface area contributed by atoms with Crippen LogP contribution in [0.5, 0.6) is 0 Å². The molecule has 7 nitrogen and oxygen atoms in total. The number of benzene rings is 1. The van der Waals surface area contributed by atoms with Gasteiger partial charge in [0.1, 0.15) is 5.82 Å². The van der Waals surface area contributed by atoms with Gasteiger partial charge in [0, 0.05) is 57.1 Å². The molecule has 32 heavy (non-hydrogen) atoms. The Kier molecular flexibility index (Phi) is 6.37. The first-order valence-corrected chi connectivity index (χ1v) is 11.9. The summed E-state index contributed by atoms with van der Waals surface area (Å²) in [4.78, 5) is 23.1. The van der Waals surface area contributed by atoms with E-state index < -0.39 is 0 Å². The summed E-state index contributed by atoms with van der Waals surface area (Å²) in [7, 11) is 0. The van der Waals surface area contributed by atoms with Gasteiger partial charge in [-0.25, -0.2) is 4.98 Å². The quantitative estimate of drug-likeness (QED) is 0.721. The van der Waals surface area contributed by atoms with E-state index in [2.05, 4.69) is 25.5 Å². The molecule has 7 heteroatoms. The van der Waals surface area contributed by atoms with Crippen molar-refractivity contribution in [2.24, 2.45) is 17.8 Å². The molecule has 3 aliphatic rings. The Morgan fingerprint density at radius 1 is 1.06 bits per heavy atom. The third kappa shape index (κ3) is 5.10. The Labute approximate surface area is 190 Å². The number of nitrogens with zero attached hydrogens (tertiary/aromatic N) is 3. The van der Waals surface area contributed by atoms with E-state index in [-0.39, 0.29) is 5.91 Å². The van der Waals surface area contributed by atoms with Gasteiger partial charge in [0.2, 0.25) is 5.91 Å². The van der Waals surface area contributed by atoms with Gasteiger partial charge in [-0.3, -0.25) is 9.78 Å². The van der Waals surface area contributed by atoms with Crippen molar-refractivity contribution in [1.29, 1.82) is 0 Å². The second-order valence-electron chi connectivity index (χ2n) is 9.65. The fourth-order valence-corrected chi connectivity index (χ4v) is 5.65. The van der Waals surface area contributed by atoms with Crippen molar-refractivity contribution in [2.75, 3.05) is 43.5 Å². The number of hydrogen-bond acceptors (Lipinski definition) is 6. The van der Waals surface area contributed by atoms with Crippen molar-refractivity contribution in [3.05, 3.63) is 36.7 Å². The molecule has 0 bridgehead atoms. The van der Waals surface area contributed by atoms with E-state index >= 15 is 0 Å². The largest absolute Gasteiger partial charge is 0.381 e. The summed E-state index contributed by atoms with van der Waals surface area (Å²) >= 11 is 0. The first kappa shape index (κ1) is 21.3. The maximum atomic E-state index is 11.2. The molecule has 3 fully saturated rings. The van der Waals surface area contributed by atoms with E-state index in [1.54, 1.807) is 0 Å². The molecule has 2 saturated heterocycles. The maximum absolute atomic E-state index is 11.2. The van der Waals surface area contributed by atoms with E-state index in [9.17, 15) is 4.79 Å². The Hall–Kier alpha value is -2.51. The van der Waals surface area contributed by atoms with Crippen LogP contribution in [0, 0.1) is 17.8 Å². The average molecular weight is 436 g/mol. The summed E-state index contributed by atoms with van der Waals surface area (Å²) in [6.07, 6.45) is 8.56. The molecule has 1 amide bonds. The monoisotopic (exact) mass is 435 g/mol. The number of likely N-dealkylation sites (tertiary alicyclic amines) is 1. The molecule has 170 valence electrons. The third-order valence-corrected chi connectivity index (χ3v) is 7.19. The highest BCUT2D eigenvalue weighted by molar-refractivity contribution is 5.88. The molecule has 3 heterocycles. The minimum Gasteiger partial charge on any atom is -0.381 e. The van der Waals surface area contributed by atoms with Gasteiger partial charge in [-0.1, -0.05) is 12.1 Å². The molecule has 0 spiro atoms. The van der Waals surface area contributed by atoms with Gasteiger partial charge in [0.05, 0.1) is 18.1 Å². The highest BCUT2D eigenvalue weighted by Crippen LogP contribution is 2.39. The van der Waals surface area contributed by atoms with Crippen LogP contribution in [0.1, 0.15) is 32.6 Å². The van der Waals surface area contributed by atoms with Crippen LogP contribution in [-0.4, -0.2) is 59.7 Å². The van der Waals surface area contributed by atoms with Crippen molar-refractivity contribution in [3.8, 4) is 11.3 Å². The molecule has 2 aromatic rings. The summed E-state index contributed by atoms with van der Waals surface area (Å²) in [5.41, 5.74) is 2.60. The van der Waals surface area contributed by atoms with E-state index in [1.807, 2.05) is 36.7 Å². The zero-order valence-corrected chi connectivity index (χ0v) is 18.8. The smallest absolute Gasteiger partial charge is 0.221 e. The van der Waals surface area contributed by atoms with E-state index in [4.69, 9.17) is 4.74 Å². The number of hydrogen-bond donors (Lipinski definition) is 2. The van der Waals surface area contributed by atoms with Crippen LogP contribution in [0.2, 0.25) is 0 Å². The highest BCUT2D eigenvalue weighted by Gasteiger charge is 2.41. The maximum Gasteiger partial charge on any atom is 0.221 e. The van der Waals surface area contributed by atoms with Gasteiger partial charge < -0.3 is 20.3 Å². The Balaban J connectivity index is 1.11. The SMILES string of the molecule is CC(=O)Nc1ccc(-c2cnc(N[C@H]3C[C@@H]4CN(CC5CCOCC5)C[C@@H]4C3)cn2)cc1. The lowest BCUT2D eigenvalue weighted by atomic mass is 10.00. The minimum absolute atomic E-state index is 0.0731. The van der Waals surface area contributed by atoms with Gasteiger partial charge in [0.25, 0.3) is 0 Å². The van der Waals surface area contributed by atoms with Gasteiger partial charge in [-0.2, -0.15) is 0 Å². The van der Waals surface area contributed by atoms with Crippen LogP contribution in [0.3, 0.4) is 0 Å². The Morgan fingerprint density at radius 2 is 1.78 bits per heavy atom. The number of ether oxygens (including phenoxy) is 1. The van der Waals surface area contributed by atoms with Crippen LogP contribution in [-0.2, 0) is 9.53 Å². The predicted molar refractivity (Wildman–Crippen MR) is 125 cm³/mol. The zero-order chi connectivity index (χ0) is 21.9. The van der Waals surface area contributed by atoms with E-state index in [1.165, 1.54) is 52.2 Å². The normalized spacial score (nSPS) is 26.1. The second kappa shape index (κ2) is 9.55. The number of fused-ring (bicyclic) bond motifs is 1. The standard InChI is InChI=1S/C25H33N5O2/c1-17(31)28-22-4-2-19(3-5-22)24-12-27-25(13-26-24)29-23-10-20-15-30(16-21(20)11-23)14-18-6-8-32-9-7-18/h2-5,12-13,18,20-21,23H,6-11,14-16H2,1H3,(H,27,29)(H,28,31)/t20-,21+,23+. The van der Waals surface area contributed by atoms with Gasteiger partial charge in [0.15, 0.2) is 0 Å². The molecule has 0 unspecified atom stereocenters. The van der Waals surface area contributed by atoms with Crippen molar-refractivity contribution in [2.45, 2.75) is 38.6 Å². The number of rotatable bonds is 6. The van der Waals surface area contributed by atoms with Crippen molar-refractivity contribution < 1.29 is 9.53 Å². The molecule has 1 aromatic carbocycles. The number of amides is 1. The molecule has 1 saturated carbocycles. The summed E-state index contributed by atoms with van der Waals surface area (Å²) in [5.74, 6) is 3.22. The topological polar surface area (TPSA) is 79.4 Å². The van der Waals surface area contributed by atoms with Crippen LogP contribution >= 0.6 is 0 Å². The first-order valence-electron chi connectivity index (χ1n) is 11.9. The van der Waals surface area contributed by atoms with Crippen molar-refractivity contribution in [3.63, 3.8) is 0 Å². The molecular weight excluding hydrogens is 402 g/mol. The van der Waals surface area contributed by atoms with Gasteiger partial charge in [-0.05, 0) is 55.6 Å². The molecule has 0 radical (unpaired) electrons. The molecule has 5 rings (SSSR count). The molecular formula is C25H33N5O2. The van der Waals surface area contributed by atoms with Gasteiger partial charge >= 0.3 is 0 Å². The van der Waals surface area contributed by atoms with E-state index in [0.29, 0.717) is 6.04 Å². The van der Waals surface area contributed by atoms with Crippen LogP contribution in [0.4, 0.5) is 11.5 Å². The number of aromatic nitrogens is 2. The summed E-state index contributed by atoms with van der Waals surface area (Å²) < 4.78 is 5.51. The lowest BCUT2D eigenvalue weighted by Gasteiger charge is -2.27. The van der Waals surface area contributed by atoms with Crippen LogP contribution in [0.25, 0.3) is 11.3 Å². The number of carbonyl (C=O) groups excluding carboxylic acids is 1. The van der Waals surface area contributed by atoms with Crippen molar-refractivity contribution >= 4 is 17.4 Å². The fraction of sp³-hybridized carbons (Fsp3) is 0.560. The number of carbonyl (C=O) groups is 1. The molecule has 1 aromatic heterocycles. The van der Waals surface area contributed by atoms with Crippen LogP contribution in [0.15, 0.2) is 36.7 Å². The van der Waals surface area contributed by atoms with Crippen molar-refractivity contribution in [1.82, 2.24) is 14.9 Å². The molecule has 2 aliphatic heterocycles. The lowest BCUT2D eigenvalue weighted by molar-refractivity contribution is -0.114. The molecule has 3 atom stereocenters. The minimum atomic E-state index is -0.0731. The zero-order valence-electron chi connectivity index (χ0n) is 18.8. The van der Waals surface area contributed by atoms with E-state index in [0.717, 1.165) is 53.7 Å². The lowest BCUT2D eigenvalue weighted by Crippen LogP contribution is -2.32. The van der Waals surface area contributed by atoms with Gasteiger partial charge in [-0.15, -0.1) is 0 Å². The highest BCUT2D eigenvalue weighted by atomic mass is 16.5. The number of nitrogens with one attached hydrogen (secondary N) is 2. The third-order valence-electron chi connectivity index (χ3n) is 7.19. The first-order chi connectivity index (χ1) is 15.6. The summed E-state index contributed by atoms with van der Waals surface area (Å²) in [6.45, 7) is 7.15. The summed E-state index contributed by atoms with van der Waals surface area (Å²) in [6, 6.07) is 8.16. The Morgan fingerprint density at radius 3 is 2.41 bits per heavy atom. The second-order valence-corrected chi connectivity index (χ2v) is 9.65. The average Bonchev–Trinajstić information content (AvgIpc) is 3.33. The number of anilines is 2.